The summed E-state index contributed by atoms with van der Waals surface area (Å²) in [6.45, 7) is 7.22. The molecule has 2 aliphatic rings. The fraction of sp³-hybridized carbons (Fsp3) is 0.308. The van der Waals surface area contributed by atoms with E-state index in [1.54, 1.807) is 6.20 Å². The van der Waals surface area contributed by atoms with Crippen LogP contribution in [0.3, 0.4) is 0 Å². The lowest BCUT2D eigenvalue weighted by Crippen LogP contribution is -2.36. The first-order chi connectivity index (χ1) is 17.3. The number of hydrogen-bond acceptors (Lipinski definition) is 8. The third kappa shape index (κ3) is 4.30. The Morgan fingerprint density at radius 3 is 2.91 bits per heavy atom. The number of anilines is 4. The average molecular weight is 473 g/mol. The summed E-state index contributed by atoms with van der Waals surface area (Å²) in [7, 11) is 0. The predicted molar refractivity (Wildman–Crippen MR) is 136 cm³/mol. The summed E-state index contributed by atoms with van der Waals surface area (Å²) in [5.41, 5.74) is 5.54. The summed E-state index contributed by atoms with van der Waals surface area (Å²) in [5.74, 6) is 2.39. The van der Waals surface area contributed by atoms with Gasteiger partial charge in [-0.3, -0.25) is 0 Å². The number of nitrogens with zero attached hydrogens (tertiary/aromatic N) is 4. The molecule has 9 nitrogen and oxygen atoms in total. The lowest BCUT2D eigenvalue weighted by molar-refractivity contribution is 0.122. The number of morpholine rings is 1. The number of ether oxygens (including phenoxy) is 3. The van der Waals surface area contributed by atoms with Gasteiger partial charge in [0.05, 0.1) is 36.9 Å². The molecule has 0 spiro atoms. The summed E-state index contributed by atoms with van der Waals surface area (Å²) in [6.07, 6.45) is 5.70. The van der Waals surface area contributed by atoms with Crippen LogP contribution in [0.5, 0.6) is 11.5 Å². The fourth-order valence-electron chi connectivity index (χ4n) is 4.52. The van der Waals surface area contributed by atoms with Crippen molar-refractivity contribution in [3.05, 3.63) is 55.0 Å². The van der Waals surface area contributed by atoms with Gasteiger partial charge in [0.25, 0.3) is 0 Å². The van der Waals surface area contributed by atoms with E-state index >= 15 is 0 Å². The van der Waals surface area contributed by atoms with Crippen molar-refractivity contribution in [1.82, 2.24) is 14.4 Å². The molecule has 0 unspecified atom stereocenters. The molecule has 1 saturated heterocycles. The zero-order chi connectivity index (χ0) is 23.6. The van der Waals surface area contributed by atoms with Crippen LogP contribution in [0.15, 0.2) is 55.0 Å². The van der Waals surface area contributed by atoms with E-state index in [1.807, 2.05) is 41.9 Å². The molecular formula is C26H28N6O3. The second-order valence-electron chi connectivity index (χ2n) is 8.46. The normalized spacial score (nSPS) is 15.3. The predicted octanol–water partition coefficient (Wildman–Crippen LogP) is 4.18. The van der Waals surface area contributed by atoms with Gasteiger partial charge in [-0.15, -0.1) is 0 Å². The number of aromatic nitrogens is 3. The fourth-order valence-corrected chi connectivity index (χ4v) is 4.52. The first kappa shape index (κ1) is 21.5. The van der Waals surface area contributed by atoms with Crippen LogP contribution < -0.4 is 25.0 Å². The number of nitrogens with one attached hydrogen (secondary N) is 2. The van der Waals surface area contributed by atoms with E-state index in [9.17, 15) is 0 Å². The molecular weight excluding hydrogens is 444 g/mol. The van der Waals surface area contributed by atoms with Crippen molar-refractivity contribution < 1.29 is 14.2 Å². The van der Waals surface area contributed by atoms with Gasteiger partial charge in [0.15, 0.2) is 11.5 Å². The van der Waals surface area contributed by atoms with Crippen LogP contribution in [-0.4, -0.2) is 60.4 Å². The first-order valence-electron chi connectivity index (χ1n) is 12.0. The van der Waals surface area contributed by atoms with E-state index in [2.05, 4.69) is 38.7 Å². The maximum Gasteiger partial charge on any atom is 0.180 e. The standard InChI is InChI=1S/C26H28N6O3/c1-2-34-24-16-19(4-5-22(24)31-10-13-33-14-11-31)29-25-26-28-7-9-32(26)17-21(30-25)18-3-6-23-20(15-18)27-8-12-35-23/h3-7,9,15-17,27H,2,8,10-14H2,1H3,(H,29,30). The zero-order valence-electron chi connectivity index (χ0n) is 19.7. The molecule has 0 amide bonds. The molecule has 4 aromatic rings. The molecule has 2 aromatic heterocycles. The maximum absolute atomic E-state index is 6.00. The molecule has 0 aliphatic carbocycles. The van der Waals surface area contributed by atoms with Crippen molar-refractivity contribution in [3.63, 3.8) is 0 Å². The first-order valence-corrected chi connectivity index (χ1v) is 12.0. The molecule has 0 atom stereocenters. The van der Waals surface area contributed by atoms with Gasteiger partial charge in [-0.05, 0) is 37.3 Å². The van der Waals surface area contributed by atoms with Crippen LogP contribution in [0.4, 0.5) is 22.9 Å². The van der Waals surface area contributed by atoms with Gasteiger partial charge in [0.1, 0.15) is 18.1 Å². The SMILES string of the molecule is CCOc1cc(Nc2nc(-c3ccc4c(c3)NCCO4)cn3ccnc23)ccc1N1CCOCC1. The molecule has 180 valence electrons. The van der Waals surface area contributed by atoms with E-state index in [0.29, 0.717) is 19.0 Å². The van der Waals surface area contributed by atoms with E-state index in [1.165, 1.54) is 0 Å². The van der Waals surface area contributed by atoms with Crippen LogP contribution in [0.1, 0.15) is 6.92 Å². The summed E-state index contributed by atoms with van der Waals surface area (Å²) >= 11 is 0. The Bertz CT molecular complexity index is 1350. The minimum absolute atomic E-state index is 0.592. The summed E-state index contributed by atoms with van der Waals surface area (Å²) < 4.78 is 19.2. The Hall–Kier alpha value is -3.98. The van der Waals surface area contributed by atoms with E-state index in [0.717, 1.165) is 78.3 Å². The van der Waals surface area contributed by atoms with Gasteiger partial charge in [-0.25, -0.2) is 9.97 Å². The van der Waals surface area contributed by atoms with Crippen molar-refractivity contribution in [1.29, 1.82) is 0 Å². The summed E-state index contributed by atoms with van der Waals surface area (Å²) in [5, 5.41) is 6.87. The second kappa shape index (κ2) is 9.34. The Kier molecular flexibility index (Phi) is 5.75. The number of benzene rings is 2. The molecule has 2 aliphatic heterocycles. The highest BCUT2D eigenvalue weighted by Gasteiger charge is 2.18. The minimum Gasteiger partial charge on any atom is -0.492 e. The van der Waals surface area contributed by atoms with Gasteiger partial charge in [0, 0.05) is 55.5 Å². The number of hydrogen-bond donors (Lipinski definition) is 2. The Morgan fingerprint density at radius 1 is 1.11 bits per heavy atom. The van der Waals surface area contributed by atoms with Gasteiger partial charge < -0.3 is 34.1 Å². The second-order valence-corrected chi connectivity index (χ2v) is 8.46. The Morgan fingerprint density at radius 2 is 2.03 bits per heavy atom. The molecule has 0 radical (unpaired) electrons. The Labute approximate surface area is 203 Å². The molecule has 0 saturated carbocycles. The highest BCUT2D eigenvalue weighted by Crippen LogP contribution is 2.35. The van der Waals surface area contributed by atoms with Crippen LogP contribution >= 0.6 is 0 Å². The van der Waals surface area contributed by atoms with Crippen LogP contribution in [0, 0.1) is 0 Å². The summed E-state index contributed by atoms with van der Waals surface area (Å²) in [4.78, 5) is 11.8. The maximum atomic E-state index is 6.00. The van der Waals surface area contributed by atoms with E-state index in [4.69, 9.17) is 19.2 Å². The van der Waals surface area contributed by atoms with Crippen molar-refractivity contribution >= 4 is 28.5 Å². The molecule has 35 heavy (non-hydrogen) atoms. The zero-order valence-corrected chi connectivity index (χ0v) is 19.7. The van der Waals surface area contributed by atoms with Crippen LogP contribution in [0.2, 0.25) is 0 Å². The highest BCUT2D eigenvalue weighted by atomic mass is 16.5. The molecule has 4 heterocycles. The van der Waals surface area contributed by atoms with Crippen molar-refractivity contribution in [2.45, 2.75) is 6.92 Å². The third-order valence-electron chi connectivity index (χ3n) is 6.20. The Balaban J connectivity index is 1.35. The van der Waals surface area contributed by atoms with Crippen molar-refractivity contribution in [2.24, 2.45) is 0 Å². The van der Waals surface area contributed by atoms with Gasteiger partial charge >= 0.3 is 0 Å². The number of fused-ring (bicyclic) bond motifs is 2. The minimum atomic E-state index is 0.592. The topological polar surface area (TPSA) is 85.2 Å². The lowest BCUT2D eigenvalue weighted by atomic mass is 10.1. The van der Waals surface area contributed by atoms with Crippen molar-refractivity contribution in [2.75, 3.05) is 61.6 Å². The average Bonchev–Trinajstić information content (AvgIpc) is 3.39. The molecule has 6 rings (SSSR count). The number of rotatable bonds is 6. The van der Waals surface area contributed by atoms with Crippen LogP contribution in [0.25, 0.3) is 16.9 Å². The monoisotopic (exact) mass is 472 g/mol. The van der Waals surface area contributed by atoms with Gasteiger partial charge in [0.2, 0.25) is 0 Å². The quantitative estimate of drug-likeness (QED) is 0.432. The molecule has 2 N–H and O–H groups in total. The molecule has 0 bridgehead atoms. The van der Waals surface area contributed by atoms with Gasteiger partial charge in [-0.2, -0.15) is 0 Å². The molecule has 2 aromatic carbocycles. The summed E-state index contributed by atoms with van der Waals surface area (Å²) in [6, 6.07) is 12.3. The molecule has 9 heteroatoms. The largest absolute Gasteiger partial charge is 0.492 e. The third-order valence-corrected chi connectivity index (χ3v) is 6.20. The van der Waals surface area contributed by atoms with Crippen LogP contribution in [-0.2, 0) is 4.74 Å². The van der Waals surface area contributed by atoms with E-state index < -0.39 is 0 Å². The van der Waals surface area contributed by atoms with Gasteiger partial charge in [-0.1, -0.05) is 0 Å². The van der Waals surface area contributed by atoms with E-state index in [-0.39, 0.29) is 0 Å². The van der Waals surface area contributed by atoms with Crippen molar-refractivity contribution in [3.8, 4) is 22.8 Å². The lowest BCUT2D eigenvalue weighted by Gasteiger charge is -2.30. The molecule has 1 fully saturated rings. The smallest absolute Gasteiger partial charge is 0.180 e. The highest BCUT2D eigenvalue weighted by molar-refractivity contribution is 5.77. The number of imidazole rings is 1.